The molecule has 0 unspecified atom stereocenters. The number of alkyl halides is 2. The van der Waals surface area contributed by atoms with E-state index in [1.807, 2.05) is 6.92 Å². The average molecular weight is 283 g/mol. The van der Waals surface area contributed by atoms with Crippen molar-refractivity contribution in [2.75, 3.05) is 20.2 Å². The van der Waals surface area contributed by atoms with Gasteiger partial charge in [0.1, 0.15) is 5.75 Å². The van der Waals surface area contributed by atoms with Crippen LogP contribution in [0, 0.1) is 12.8 Å². The number of halogens is 2. The average Bonchev–Trinajstić information content (AvgIpc) is 2.40. The summed E-state index contributed by atoms with van der Waals surface area (Å²) in [5.74, 6) is -1.96. The molecule has 0 amide bonds. The summed E-state index contributed by atoms with van der Waals surface area (Å²) in [5.41, 5.74) is 1.97. The predicted molar refractivity (Wildman–Crippen MR) is 76.6 cm³/mol. The summed E-state index contributed by atoms with van der Waals surface area (Å²) in [6.07, 6.45) is 3.01. The molecule has 0 bridgehead atoms. The molecule has 1 N–H and O–H groups in total. The number of methoxy groups -OCH3 is 1. The first-order valence-electron chi connectivity index (χ1n) is 7.19. The largest absolute Gasteiger partial charge is 0.496 e. The summed E-state index contributed by atoms with van der Waals surface area (Å²) < 4.78 is 32.7. The van der Waals surface area contributed by atoms with Gasteiger partial charge in [-0.25, -0.2) is 8.78 Å². The minimum Gasteiger partial charge on any atom is -0.496 e. The van der Waals surface area contributed by atoms with Crippen molar-refractivity contribution in [3.05, 3.63) is 28.8 Å². The standard InChI is InChI=1S/C16H23F2NO/c1-11-4-5-14(16(2,17)18)15(20-3)13(11)10-12-6-8-19-9-7-12/h4-5,12,19H,6-10H2,1-3H3. The minimum atomic E-state index is -2.87. The Morgan fingerprint density at radius 1 is 1.30 bits per heavy atom. The summed E-state index contributed by atoms with van der Waals surface area (Å²) in [6, 6.07) is 3.27. The highest BCUT2D eigenvalue weighted by Gasteiger charge is 2.31. The lowest BCUT2D eigenvalue weighted by Gasteiger charge is -2.26. The van der Waals surface area contributed by atoms with Crippen molar-refractivity contribution in [3.8, 4) is 5.75 Å². The lowest BCUT2D eigenvalue weighted by atomic mass is 9.87. The molecule has 0 saturated carbocycles. The molecule has 0 aliphatic carbocycles. The van der Waals surface area contributed by atoms with Crippen LogP contribution in [-0.4, -0.2) is 20.2 Å². The van der Waals surface area contributed by atoms with E-state index in [0.717, 1.165) is 50.4 Å². The zero-order valence-corrected chi connectivity index (χ0v) is 12.4. The zero-order chi connectivity index (χ0) is 14.8. The van der Waals surface area contributed by atoms with Crippen molar-refractivity contribution in [1.29, 1.82) is 0 Å². The van der Waals surface area contributed by atoms with Crippen molar-refractivity contribution in [2.24, 2.45) is 5.92 Å². The van der Waals surface area contributed by atoms with Crippen molar-refractivity contribution >= 4 is 0 Å². The normalized spacial score (nSPS) is 17.2. The van der Waals surface area contributed by atoms with Gasteiger partial charge in [-0.05, 0) is 62.4 Å². The summed E-state index contributed by atoms with van der Waals surface area (Å²) in [7, 11) is 1.48. The van der Waals surface area contributed by atoms with Crippen LogP contribution in [0.2, 0.25) is 0 Å². The molecule has 2 rings (SSSR count). The highest BCUT2D eigenvalue weighted by molar-refractivity contribution is 5.48. The lowest BCUT2D eigenvalue weighted by molar-refractivity contribution is 0.0149. The van der Waals surface area contributed by atoms with Crippen LogP contribution in [0.25, 0.3) is 0 Å². The summed E-state index contributed by atoms with van der Waals surface area (Å²) >= 11 is 0. The number of benzene rings is 1. The number of aryl methyl sites for hydroxylation is 1. The number of hydrogen-bond acceptors (Lipinski definition) is 2. The summed E-state index contributed by atoms with van der Waals surface area (Å²) in [4.78, 5) is 0. The second-order valence-corrected chi connectivity index (χ2v) is 5.73. The molecule has 1 aromatic carbocycles. The monoisotopic (exact) mass is 283 g/mol. The second kappa shape index (κ2) is 6.08. The Balaban J connectivity index is 2.34. The first-order chi connectivity index (χ1) is 9.43. The fourth-order valence-electron chi connectivity index (χ4n) is 2.93. The molecule has 1 heterocycles. The van der Waals surface area contributed by atoms with Gasteiger partial charge in [0.05, 0.1) is 12.7 Å². The predicted octanol–water partition coefficient (Wildman–Crippen LogP) is 3.66. The van der Waals surface area contributed by atoms with Gasteiger partial charge in [0.25, 0.3) is 5.92 Å². The SMILES string of the molecule is COc1c(C(C)(F)F)ccc(C)c1CC1CCNCC1. The topological polar surface area (TPSA) is 21.3 Å². The smallest absolute Gasteiger partial charge is 0.274 e. The number of nitrogens with one attached hydrogen (secondary N) is 1. The molecule has 112 valence electrons. The van der Waals surface area contributed by atoms with Crippen molar-refractivity contribution in [1.82, 2.24) is 5.32 Å². The third kappa shape index (κ3) is 3.29. The molecule has 0 aromatic heterocycles. The van der Waals surface area contributed by atoms with Gasteiger partial charge in [0, 0.05) is 6.92 Å². The van der Waals surface area contributed by atoms with Crippen LogP contribution in [0.15, 0.2) is 12.1 Å². The van der Waals surface area contributed by atoms with E-state index in [-0.39, 0.29) is 5.56 Å². The van der Waals surface area contributed by atoms with Crippen LogP contribution >= 0.6 is 0 Å². The molecule has 1 aromatic rings. The van der Waals surface area contributed by atoms with E-state index in [0.29, 0.717) is 11.7 Å². The van der Waals surface area contributed by atoms with E-state index in [2.05, 4.69) is 5.32 Å². The van der Waals surface area contributed by atoms with E-state index >= 15 is 0 Å². The molecule has 2 nitrogen and oxygen atoms in total. The maximum Gasteiger partial charge on any atom is 0.274 e. The van der Waals surface area contributed by atoms with E-state index < -0.39 is 5.92 Å². The highest BCUT2D eigenvalue weighted by Crippen LogP contribution is 2.39. The molecule has 0 atom stereocenters. The van der Waals surface area contributed by atoms with E-state index in [1.165, 1.54) is 13.2 Å². The zero-order valence-electron chi connectivity index (χ0n) is 12.4. The number of hydrogen-bond donors (Lipinski definition) is 1. The molecule has 1 fully saturated rings. The third-order valence-electron chi connectivity index (χ3n) is 4.12. The summed E-state index contributed by atoms with van der Waals surface area (Å²) in [6.45, 7) is 4.91. The Bertz CT molecular complexity index is 462. The van der Waals surface area contributed by atoms with E-state index in [1.54, 1.807) is 6.07 Å². The Hall–Kier alpha value is -1.16. The molecule has 1 aliphatic rings. The van der Waals surface area contributed by atoms with Gasteiger partial charge >= 0.3 is 0 Å². The lowest BCUT2D eigenvalue weighted by Crippen LogP contribution is -2.29. The third-order valence-corrected chi connectivity index (χ3v) is 4.12. The van der Waals surface area contributed by atoms with Gasteiger partial charge in [-0.3, -0.25) is 0 Å². The molecule has 20 heavy (non-hydrogen) atoms. The Morgan fingerprint density at radius 2 is 1.95 bits per heavy atom. The number of rotatable bonds is 4. The fraction of sp³-hybridized carbons (Fsp3) is 0.625. The molecule has 0 spiro atoms. The molecule has 1 aliphatic heterocycles. The van der Waals surface area contributed by atoms with Crippen LogP contribution in [-0.2, 0) is 12.3 Å². The maximum absolute atomic E-state index is 13.7. The van der Waals surface area contributed by atoms with Crippen molar-refractivity contribution < 1.29 is 13.5 Å². The Kier molecular flexibility index (Phi) is 4.63. The van der Waals surface area contributed by atoms with Gasteiger partial charge in [0.15, 0.2) is 0 Å². The number of piperidine rings is 1. The fourth-order valence-corrected chi connectivity index (χ4v) is 2.93. The van der Waals surface area contributed by atoms with Crippen LogP contribution in [0.4, 0.5) is 8.78 Å². The van der Waals surface area contributed by atoms with Gasteiger partial charge in [-0.2, -0.15) is 0 Å². The van der Waals surface area contributed by atoms with Crippen molar-refractivity contribution in [3.63, 3.8) is 0 Å². The van der Waals surface area contributed by atoms with Gasteiger partial charge in [-0.1, -0.05) is 6.07 Å². The van der Waals surface area contributed by atoms with Gasteiger partial charge < -0.3 is 10.1 Å². The van der Waals surface area contributed by atoms with Gasteiger partial charge in [0.2, 0.25) is 0 Å². The minimum absolute atomic E-state index is 0.00506. The van der Waals surface area contributed by atoms with E-state index in [9.17, 15) is 8.78 Å². The molecule has 0 radical (unpaired) electrons. The molecule has 4 heteroatoms. The van der Waals surface area contributed by atoms with Gasteiger partial charge in [-0.15, -0.1) is 0 Å². The first-order valence-corrected chi connectivity index (χ1v) is 7.19. The molecular formula is C16H23F2NO. The van der Waals surface area contributed by atoms with Crippen LogP contribution < -0.4 is 10.1 Å². The quantitative estimate of drug-likeness (QED) is 0.910. The Morgan fingerprint density at radius 3 is 2.50 bits per heavy atom. The molecular weight excluding hydrogens is 260 g/mol. The van der Waals surface area contributed by atoms with Crippen LogP contribution in [0.5, 0.6) is 5.75 Å². The second-order valence-electron chi connectivity index (χ2n) is 5.73. The first kappa shape index (κ1) is 15.2. The van der Waals surface area contributed by atoms with Crippen molar-refractivity contribution in [2.45, 2.75) is 39.0 Å². The maximum atomic E-state index is 13.7. The van der Waals surface area contributed by atoms with Crippen LogP contribution in [0.1, 0.15) is 36.5 Å². The van der Waals surface area contributed by atoms with E-state index in [4.69, 9.17) is 4.74 Å². The Labute approximate surface area is 119 Å². The molecule has 1 saturated heterocycles. The highest BCUT2D eigenvalue weighted by atomic mass is 19.3. The summed E-state index contributed by atoms with van der Waals surface area (Å²) in [5, 5.41) is 3.33. The number of ether oxygens (including phenoxy) is 1. The van der Waals surface area contributed by atoms with Crippen LogP contribution in [0.3, 0.4) is 0 Å².